The fourth-order valence-corrected chi connectivity index (χ4v) is 9.46. The highest BCUT2D eigenvalue weighted by atomic mass is 16.6. The molecule has 1 aliphatic heterocycles. The highest BCUT2D eigenvalue weighted by Crippen LogP contribution is 2.62. The van der Waals surface area contributed by atoms with Gasteiger partial charge in [0.05, 0.1) is 5.41 Å². The van der Waals surface area contributed by atoms with E-state index in [1.165, 1.54) is 16.7 Å². The molecule has 0 fully saturated rings. The van der Waals surface area contributed by atoms with Crippen LogP contribution in [0.4, 0.5) is 0 Å². The molecule has 2 aliphatic rings. The molecule has 5 heteroatoms. The van der Waals surface area contributed by atoms with Crippen molar-refractivity contribution in [2.24, 2.45) is 0 Å². The quantitative estimate of drug-likeness (QED) is 0.161. The standard InChI is InChI=1S/C58H37N3O2/c1-5-18-38(19-6-1)40-22-15-24-42(36-40)56-59-55(39-20-7-2-8-21-39)60-57(61-56)43-25-16-23-41(37-43)46-31-17-33-50-53(46)63-54-51(62-50)35-34-49-52(54)47-30-13-14-32-48(47)58(49,44-26-9-3-10-27-44)45-28-11-4-12-29-45/h1-37H. The van der Waals surface area contributed by atoms with Crippen molar-refractivity contribution in [1.29, 1.82) is 0 Å². The summed E-state index contributed by atoms with van der Waals surface area (Å²) in [7, 11) is 0. The number of ether oxygens (including phenoxy) is 2. The number of benzene rings is 9. The zero-order valence-electron chi connectivity index (χ0n) is 34.0. The third-order valence-electron chi connectivity index (χ3n) is 12.3. The number of nitrogens with zero attached hydrogens (tertiary/aromatic N) is 3. The first kappa shape index (κ1) is 36.4. The predicted molar refractivity (Wildman–Crippen MR) is 251 cm³/mol. The van der Waals surface area contributed by atoms with Gasteiger partial charge in [-0.3, -0.25) is 0 Å². The lowest BCUT2D eigenvalue weighted by Gasteiger charge is -2.34. The van der Waals surface area contributed by atoms with Gasteiger partial charge in [0.1, 0.15) is 0 Å². The summed E-state index contributed by atoms with van der Waals surface area (Å²) in [6.45, 7) is 0. The highest BCUT2D eigenvalue weighted by Gasteiger charge is 2.48. The minimum atomic E-state index is -0.564. The van der Waals surface area contributed by atoms with Crippen molar-refractivity contribution in [1.82, 2.24) is 15.0 Å². The lowest BCUT2D eigenvalue weighted by Crippen LogP contribution is -2.28. The minimum absolute atomic E-state index is 0.564. The van der Waals surface area contributed by atoms with Crippen molar-refractivity contribution >= 4 is 0 Å². The number of hydrogen-bond acceptors (Lipinski definition) is 5. The average molecular weight is 808 g/mol. The van der Waals surface area contributed by atoms with E-state index in [2.05, 4.69) is 170 Å². The van der Waals surface area contributed by atoms with Gasteiger partial charge in [-0.15, -0.1) is 0 Å². The van der Waals surface area contributed by atoms with E-state index in [9.17, 15) is 0 Å². The van der Waals surface area contributed by atoms with E-state index in [-0.39, 0.29) is 0 Å². The van der Waals surface area contributed by atoms with Gasteiger partial charge in [-0.1, -0.05) is 200 Å². The summed E-state index contributed by atoms with van der Waals surface area (Å²) >= 11 is 0. The van der Waals surface area contributed by atoms with Crippen LogP contribution in [0.3, 0.4) is 0 Å². The van der Waals surface area contributed by atoms with Crippen LogP contribution in [-0.2, 0) is 5.41 Å². The van der Waals surface area contributed by atoms with Crippen molar-refractivity contribution in [3.63, 3.8) is 0 Å². The van der Waals surface area contributed by atoms with Gasteiger partial charge in [0.2, 0.25) is 0 Å². The van der Waals surface area contributed by atoms with E-state index in [1.54, 1.807) is 0 Å². The first-order valence-electron chi connectivity index (χ1n) is 21.2. The van der Waals surface area contributed by atoms with Gasteiger partial charge in [0.15, 0.2) is 40.5 Å². The van der Waals surface area contributed by atoms with Crippen LogP contribution in [0.5, 0.6) is 23.0 Å². The van der Waals surface area contributed by atoms with Gasteiger partial charge in [-0.2, -0.15) is 0 Å². The Balaban J connectivity index is 0.982. The van der Waals surface area contributed by atoms with E-state index in [1.807, 2.05) is 54.6 Å². The molecule has 0 radical (unpaired) electrons. The van der Waals surface area contributed by atoms with Crippen molar-refractivity contribution in [2.75, 3.05) is 0 Å². The lowest BCUT2D eigenvalue weighted by molar-refractivity contribution is 0.361. The Morgan fingerprint density at radius 2 is 0.778 bits per heavy atom. The van der Waals surface area contributed by atoms with Crippen molar-refractivity contribution in [3.05, 3.63) is 247 Å². The van der Waals surface area contributed by atoms with Gasteiger partial charge in [-0.25, -0.2) is 15.0 Å². The zero-order valence-corrected chi connectivity index (χ0v) is 34.0. The summed E-state index contributed by atoms with van der Waals surface area (Å²) < 4.78 is 14.0. The van der Waals surface area contributed by atoms with Crippen LogP contribution < -0.4 is 9.47 Å². The third kappa shape index (κ3) is 6.05. The maximum Gasteiger partial charge on any atom is 0.178 e. The van der Waals surface area contributed by atoms with Crippen LogP contribution in [0.25, 0.3) is 67.5 Å². The van der Waals surface area contributed by atoms with Crippen molar-refractivity contribution < 1.29 is 9.47 Å². The Labute approximate surface area is 365 Å². The Morgan fingerprint density at radius 1 is 0.302 bits per heavy atom. The summed E-state index contributed by atoms with van der Waals surface area (Å²) in [5.74, 6) is 4.48. The molecule has 0 bridgehead atoms. The van der Waals surface area contributed by atoms with E-state index < -0.39 is 5.41 Å². The Morgan fingerprint density at radius 3 is 1.44 bits per heavy atom. The first-order valence-corrected chi connectivity index (χ1v) is 21.2. The van der Waals surface area contributed by atoms with Gasteiger partial charge in [0, 0.05) is 27.8 Å². The van der Waals surface area contributed by atoms with Gasteiger partial charge < -0.3 is 9.47 Å². The molecule has 9 aromatic carbocycles. The molecular weight excluding hydrogens is 771 g/mol. The molecule has 296 valence electrons. The summed E-state index contributed by atoms with van der Waals surface area (Å²) in [4.78, 5) is 15.2. The molecule has 0 saturated heterocycles. The SMILES string of the molecule is c1ccc(-c2cccc(-c3nc(-c4ccccc4)nc(-c4cccc(-c5cccc6c5Oc5c(ccc7c5-c5ccccc5C7(c5ccccc5)c5ccccc5)O6)c4)n3)c2)cc1. The lowest BCUT2D eigenvalue weighted by atomic mass is 9.68. The second-order valence-corrected chi connectivity index (χ2v) is 15.9. The molecule has 10 aromatic rings. The molecule has 0 saturated carbocycles. The third-order valence-corrected chi connectivity index (χ3v) is 12.3. The van der Waals surface area contributed by atoms with Crippen LogP contribution >= 0.6 is 0 Å². The van der Waals surface area contributed by atoms with Gasteiger partial charge in [-0.05, 0) is 68.8 Å². The number of hydrogen-bond donors (Lipinski definition) is 0. The van der Waals surface area contributed by atoms with Crippen molar-refractivity contribution in [3.8, 4) is 90.5 Å². The second-order valence-electron chi connectivity index (χ2n) is 15.9. The first-order chi connectivity index (χ1) is 31.2. The number of para-hydroxylation sites is 1. The normalized spacial score (nSPS) is 12.8. The Hall–Kier alpha value is -8.41. The van der Waals surface area contributed by atoms with Crippen LogP contribution in [-0.4, -0.2) is 15.0 Å². The molecule has 0 N–H and O–H groups in total. The summed E-state index contributed by atoms with van der Waals surface area (Å²) in [5.41, 5.74) is 13.1. The zero-order chi connectivity index (χ0) is 41.7. The topological polar surface area (TPSA) is 57.1 Å². The molecule has 2 heterocycles. The molecule has 1 aromatic heterocycles. The summed E-state index contributed by atoms with van der Waals surface area (Å²) in [6, 6.07) is 77.8. The van der Waals surface area contributed by atoms with E-state index in [0.717, 1.165) is 55.6 Å². The summed E-state index contributed by atoms with van der Waals surface area (Å²) in [6.07, 6.45) is 0. The van der Waals surface area contributed by atoms with Crippen molar-refractivity contribution in [2.45, 2.75) is 5.41 Å². The van der Waals surface area contributed by atoms with Crippen LogP contribution in [0.15, 0.2) is 224 Å². The number of rotatable bonds is 7. The highest BCUT2D eigenvalue weighted by molar-refractivity contribution is 5.92. The number of fused-ring (bicyclic) bond motifs is 6. The van der Waals surface area contributed by atoms with Gasteiger partial charge in [0.25, 0.3) is 0 Å². The van der Waals surface area contributed by atoms with Gasteiger partial charge >= 0.3 is 0 Å². The van der Waals surface area contributed by atoms with E-state index >= 15 is 0 Å². The second kappa shape index (κ2) is 14.9. The van der Waals surface area contributed by atoms with E-state index in [0.29, 0.717) is 40.5 Å². The molecule has 63 heavy (non-hydrogen) atoms. The average Bonchev–Trinajstić information content (AvgIpc) is 3.68. The molecule has 0 unspecified atom stereocenters. The molecular formula is C58H37N3O2. The van der Waals surface area contributed by atoms with Crippen LogP contribution in [0, 0.1) is 0 Å². The Kier molecular flexibility index (Phi) is 8.64. The fourth-order valence-electron chi connectivity index (χ4n) is 9.46. The smallest absolute Gasteiger partial charge is 0.178 e. The monoisotopic (exact) mass is 807 g/mol. The molecule has 12 rings (SSSR count). The Bertz CT molecular complexity index is 3300. The van der Waals surface area contributed by atoms with E-state index in [4.69, 9.17) is 24.4 Å². The molecule has 1 aliphatic carbocycles. The molecule has 0 spiro atoms. The van der Waals surface area contributed by atoms with Crippen LogP contribution in [0.1, 0.15) is 22.3 Å². The largest absolute Gasteiger partial charge is 0.449 e. The van der Waals surface area contributed by atoms with Crippen LogP contribution in [0.2, 0.25) is 0 Å². The maximum absolute atomic E-state index is 7.21. The minimum Gasteiger partial charge on any atom is -0.449 e. The fraction of sp³-hybridized carbons (Fsp3) is 0.0172. The predicted octanol–water partition coefficient (Wildman–Crippen LogP) is 14.5. The summed E-state index contributed by atoms with van der Waals surface area (Å²) in [5, 5.41) is 0. The molecule has 5 nitrogen and oxygen atoms in total. The molecule has 0 atom stereocenters. The maximum atomic E-state index is 7.21. The molecule has 0 amide bonds. The number of aromatic nitrogens is 3.